The molecule has 2 aliphatic rings. The van der Waals surface area contributed by atoms with Crippen molar-refractivity contribution in [2.75, 3.05) is 43.1 Å². The summed E-state index contributed by atoms with van der Waals surface area (Å²) < 4.78 is 58.6. The lowest BCUT2D eigenvalue weighted by Crippen LogP contribution is -2.57. The van der Waals surface area contributed by atoms with Crippen molar-refractivity contribution in [1.29, 1.82) is 0 Å². The topological polar surface area (TPSA) is 87.9 Å². The molecule has 2 amide bonds. The summed E-state index contributed by atoms with van der Waals surface area (Å²) in [7, 11) is 0. The molecule has 1 aromatic carbocycles. The quantitative estimate of drug-likeness (QED) is 0.643. The smallest absolute Gasteiger partial charge is 0.370 e. The standard InChI is InChI=1S/C19H24F4N4O3/c20-14-8-13(26-6-7-30-10-17(26)28)4-5-15(14)25-18(29)16(9-24)27(11-19(21,22)23)12-2-1-3-12/h4-5,8,12,16H,1-3,6-7,9-11,24H2,(H,25,29)/t16-/m0/s1. The summed E-state index contributed by atoms with van der Waals surface area (Å²) in [5.74, 6) is -1.92. The average molecular weight is 432 g/mol. The maximum atomic E-state index is 14.6. The molecule has 7 nitrogen and oxygen atoms in total. The zero-order valence-electron chi connectivity index (χ0n) is 16.3. The van der Waals surface area contributed by atoms with Gasteiger partial charge in [0.15, 0.2) is 0 Å². The van der Waals surface area contributed by atoms with Gasteiger partial charge in [-0.25, -0.2) is 4.39 Å². The molecule has 30 heavy (non-hydrogen) atoms. The van der Waals surface area contributed by atoms with Crippen LogP contribution in [0, 0.1) is 5.82 Å². The second kappa shape index (κ2) is 9.27. The van der Waals surface area contributed by atoms with Crippen LogP contribution < -0.4 is 16.0 Å². The normalized spacial score (nSPS) is 19.0. The second-order valence-corrected chi connectivity index (χ2v) is 7.38. The highest BCUT2D eigenvalue weighted by Gasteiger charge is 2.41. The Morgan fingerprint density at radius 3 is 2.63 bits per heavy atom. The van der Waals surface area contributed by atoms with Crippen molar-refractivity contribution < 1.29 is 31.9 Å². The van der Waals surface area contributed by atoms with E-state index >= 15 is 0 Å². The number of anilines is 2. The van der Waals surface area contributed by atoms with Crippen LogP contribution >= 0.6 is 0 Å². The molecule has 0 radical (unpaired) electrons. The Hall–Kier alpha value is -2.24. The van der Waals surface area contributed by atoms with Gasteiger partial charge in [-0.05, 0) is 31.0 Å². The lowest BCUT2D eigenvalue weighted by atomic mass is 9.90. The largest absolute Gasteiger partial charge is 0.401 e. The number of alkyl halides is 3. The third-order valence-electron chi connectivity index (χ3n) is 5.34. The number of halogens is 4. The fourth-order valence-corrected chi connectivity index (χ4v) is 3.59. The molecule has 1 heterocycles. The summed E-state index contributed by atoms with van der Waals surface area (Å²) in [6, 6.07) is 2.20. The molecule has 0 bridgehead atoms. The first-order valence-corrected chi connectivity index (χ1v) is 9.70. The van der Waals surface area contributed by atoms with Gasteiger partial charge < -0.3 is 20.7 Å². The van der Waals surface area contributed by atoms with Gasteiger partial charge in [0, 0.05) is 24.8 Å². The Labute approximate surface area is 171 Å². The van der Waals surface area contributed by atoms with E-state index in [1.54, 1.807) is 0 Å². The van der Waals surface area contributed by atoms with E-state index < -0.39 is 30.5 Å². The second-order valence-electron chi connectivity index (χ2n) is 7.38. The molecule has 166 valence electrons. The maximum absolute atomic E-state index is 14.6. The van der Waals surface area contributed by atoms with Crippen molar-refractivity contribution >= 4 is 23.2 Å². The lowest BCUT2D eigenvalue weighted by molar-refractivity contribution is -0.162. The number of morpholine rings is 1. The van der Waals surface area contributed by atoms with Crippen LogP contribution in [0.4, 0.5) is 28.9 Å². The Kier molecular flexibility index (Phi) is 6.94. The van der Waals surface area contributed by atoms with Crippen molar-refractivity contribution in [2.45, 2.75) is 37.5 Å². The number of nitrogens with zero attached hydrogens (tertiary/aromatic N) is 2. The van der Waals surface area contributed by atoms with Crippen LogP contribution in [0.25, 0.3) is 0 Å². The van der Waals surface area contributed by atoms with Gasteiger partial charge >= 0.3 is 6.18 Å². The highest BCUT2D eigenvalue weighted by atomic mass is 19.4. The fraction of sp³-hybridized carbons (Fsp3) is 0.579. The predicted octanol–water partition coefficient (Wildman–Crippen LogP) is 1.87. The molecule has 0 unspecified atom stereocenters. The van der Waals surface area contributed by atoms with Gasteiger partial charge in [0.05, 0.1) is 18.8 Å². The number of rotatable bonds is 7. The number of nitrogens with one attached hydrogen (secondary N) is 1. The van der Waals surface area contributed by atoms with Gasteiger partial charge in [0.2, 0.25) is 5.91 Å². The van der Waals surface area contributed by atoms with E-state index in [0.29, 0.717) is 25.1 Å². The molecule has 0 spiro atoms. The molecule has 1 saturated heterocycles. The molecule has 1 saturated carbocycles. The number of hydrogen-bond acceptors (Lipinski definition) is 5. The maximum Gasteiger partial charge on any atom is 0.401 e. The monoisotopic (exact) mass is 432 g/mol. The van der Waals surface area contributed by atoms with Gasteiger partial charge in [-0.2, -0.15) is 13.2 Å². The molecule has 11 heteroatoms. The molecule has 0 aromatic heterocycles. The van der Waals surface area contributed by atoms with Crippen LogP contribution in [0.2, 0.25) is 0 Å². The van der Waals surface area contributed by atoms with Crippen LogP contribution in [-0.2, 0) is 14.3 Å². The number of ether oxygens (including phenoxy) is 1. The Bertz CT molecular complexity index is 786. The van der Waals surface area contributed by atoms with Crippen LogP contribution in [0.1, 0.15) is 19.3 Å². The van der Waals surface area contributed by atoms with Gasteiger partial charge in [-0.3, -0.25) is 14.5 Å². The molecular formula is C19H24F4N4O3. The molecule has 2 fully saturated rings. The van der Waals surface area contributed by atoms with Gasteiger partial charge in [0.1, 0.15) is 18.5 Å². The summed E-state index contributed by atoms with van der Waals surface area (Å²) in [6.45, 7) is -1.10. The Balaban J connectivity index is 1.73. The van der Waals surface area contributed by atoms with Crippen molar-refractivity contribution in [1.82, 2.24) is 4.90 Å². The summed E-state index contributed by atoms with van der Waals surface area (Å²) in [6.07, 6.45) is -2.60. The minimum Gasteiger partial charge on any atom is -0.370 e. The highest BCUT2D eigenvalue weighted by molar-refractivity contribution is 5.97. The molecular weight excluding hydrogens is 408 g/mol. The summed E-state index contributed by atoms with van der Waals surface area (Å²) >= 11 is 0. The van der Waals surface area contributed by atoms with Crippen molar-refractivity contribution in [3.05, 3.63) is 24.0 Å². The Morgan fingerprint density at radius 1 is 1.37 bits per heavy atom. The van der Waals surface area contributed by atoms with Crippen LogP contribution in [0.3, 0.4) is 0 Å². The van der Waals surface area contributed by atoms with E-state index in [9.17, 15) is 27.2 Å². The number of amides is 2. The molecule has 1 aliphatic heterocycles. The molecule has 1 aromatic rings. The van der Waals surface area contributed by atoms with E-state index in [1.807, 2.05) is 0 Å². The molecule has 1 aliphatic carbocycles. The summed E-state index contributed by atoms with van der Waals surface area (Å²) in [4.78, 5) is 27.0. The van der Waals surface area contributed by atoms with Crippen LogP contribution in [0.15, 0.2) is 18.2 Å². The van der Waals surface area contributed by atoms with Gasteiger partial charge in [0.25, 0.3) is 5.91 Å². The minimum atomic E-state index is -4.49. The first kappa shape index (κ1) is 22.4. The summed E-state index contributed by atoms with van der Waals surface area (Å²) in [5, 5.41) is 2.34. The first-order valence-electron chi connectivity index (χ1n) is 9.70. The zero-order valence-corrected chi connectivity index (χ0v) is 16.3. The van der Waals surface area contributed by atoms with Crippen LogP contribution in [0.5, 0.6) is 0 Å². The number of carbonyl (C=O) groups excluding carboxylic acids is 2. The van der Waals surface area contributed by atoms with E-state index in [2.05, 4.69) is 5.32 Å². The van der Waals surface area contributed by atoms with E-state index in [0.717, 1.165) is 17.4 Å². The molecule has 3 rings (SSSR count). The van der Waals surface area contributed by atoms with E-state index in [1.165, 1.54) is 17.0 Å². The van der Waals surface area contributed by atoms with Gasteiger partial charge in [-0.15, -0.1) is 0 Å². The SMILES string of the molecule is NC[C@@H](C(=O)Nc1ccc(N2CCOCC2=O)cc1F)N(CC(F)(F)F)C1CCC1. The van der Waals surface area contributed by atoms with E-state index in [4.69, 9.17) is 10.5 Å². The minimum absolute atomic E-state index is 0.103. The van der Waals surface area contributed by atoms with Crippen molar-refractivity contribution in [3.8, 4) is 0 Å². The predicted molar refractivity (Wildman–Crippen MR) is 101 cm³/mol. The van der Waals surface area contributed by atoms with Crippen molar-refractivity contribution in [2.24, 2.45) is 5.73 Å². The number of nitrogens with two attached hydrogens (primary N) is 1. The highest BCUT2D eigenvalue weighted by Crippen LogP contribution is 2.30. The van der Waals surface area contributed by atoms with E-state index in [-0.39, 0.29) is 37.3 Å². The van der Waals surface area contributed by atoms with Crippen LogP contribution in [-0.4, -0.2) is 67.8 Å². The zero-order chi connectivity index (χ0) is 21.9. The fourth-order valence-electron chi connectivity index (χ4n) is 3.59. The van der Waals surface area contributed by atoms with Crippen molar-refractivity contribution in [3.63, 3.8) is 0 Å². The summed E-state index contributed by atoms with van der Waals surface area (Å²) in [5.41, 5.74) is 5.74. The lowest BCUT2D eigenvalue weighted by Gasteiger charge is -2.41. The Morgan fingerprint density at radius 2 is 2.10 bits per heavy atom. The number of carbonyl (C=O) groups is 2. The average Bonchev–Trinajstić information content (AvgIpc) is 2.61. The first-order chi connectivity index (χ1) is 14.2. The third kappa shape index (κ3) is 5.27. The number of benzene rings is 1. The molecule has 1 atom stereocenters. The molecule has 3 N–H and O–H groups in total. The number of hydrogen-bond donors (Lipinski definition) is 2. The third-order valence-corrected chi connectivity index (χ3v) is 5.34. The van der Waals surface area contributed by atoms with Gasteiger partial charge in [-0.1, -0.05) is 6.42 Å².